The smallest absolute Gasteiger partial charge is 0.218 e. The number of aromatic nitrogens is 1. The number of nitrogens with one attached hydrogen (secondary N) is 1. The Morgan fingerprint density at radius 2 is 2.31 bits per heavy atom. The van der Waals surface area contributed by atoms with Crippen molar-refractivity contribution in [1.29, 1.82) is 0 Å². The first-order valence-electron chi connectivity index (χ1n) is 5.12. The second-order valence-corrected chi connectivity index (χ2v) is 3.97. The first-order valence-corrected chi connectivity index (χ1v) is 5.79. The van der Waals surface area contributed by atoms with Crippen LogP contribution >= 0.6 is 12.3 Å². The average molecular weight is 237 g/mol. The average Bonchev–Trinajstić information content (AvgIpc) is 2.28. The molecule has 0 aromatic carbocycles. The summed E-state index contributed by atoms with van der Waals surface area (Å²) in [5.41, 5.74) is 2.26. The number of rotatable bonds is 2. The van der Waals surface area contributed by atoms with Gasteiger partial charge in [-0.2, -0.15) is 0 Å². The first kappa shape index (κ1) is 10.1. The Labute approximate surface area is 97.8 Å². The largest absolute Gasteiger partial charge is 0.313 e. The van der Waals surface area contributed by atoms with Gasteiger partial charge in [-0.1, -0.05) is 17.4 Å². The fourth-order valence-corrected chi connectivity index (χ4v) is 1.97. The van der Waals surface area contributed by atoms with E-state index in [2.05, 4.69) is 16.4 Å². The van der Waals surface area contributed by atoms with Gasteiger partial charge in [0.15, 0.2) is 5.82 Å². The lowest BCUT2D eigenvalue weighted by Crippen LogP contribution is -2.27. The van der Waals surface area contributed by atoms with Crippen molar-refractivity contribution in [1.82, 2.24) is 10.3 Å². The molecule has 0 radical (unpaired) electrons. The van der Waals surface area contributed by atoms with Crippen LogP contribution in [0.1, 0.15) is 12.1 Å². The highest BCUT2D eigenvalue weighted by molar-refractivity contribution is 7.90. The Hall–Kier alpha value is -1.08. The van der Waals surface area contributed by atoms with Crippen molar-refractivity contribution in [2.45, 2.75) is 6.42 Å². The van der Waals surface area contributed by atoms with Crippen LogP contribution in [0.2, 0.25) is 0 Å². The Bertz CT molecular complexity index is 420. The van der Waals surface area contributed by atoms with Gasteiger partial charge in [0.05, 0.1) is 5.69 Å². The van der Waals surface area contributed by atoms with Crippen molar-refractivity contribution in [3.05, 3.63) is 30.0 Å². The second-order valence-electron chi connectivity index (χ2n) is 3.54. The van der Waals surface area contributed by atoms with E-state index in [1.54, 1.807) is 0 Å². The lowest BCUT2D eigenvalue weighted by molar-refractivity contribution is 0.0245. The molecule has 0 atom stereocenters. The molecule has 0 unspecified atom stereocenters. The number of pyridine rings is 1. The van der Waals surface area contributed by atoms with E-state index in [4.69, 9.17) is 8.57 Å². The van der Waals surface area contributed by atoms with Crippen molar-refractivity contribution in [3.8, 4) is 0 Å². The van der Waals surface area contributed by atoms with Crippen LogP contribution in [-0.4, -0.2) is 18.1 Å². The molecular formula is C10H11N3O2S. The van der Waals surface area contributed by atoms with Gasteiger partial charge in [-0.3, -0.25) is 0 Å². The molecule has 2 aliphatic heterocycles. The molecule has 0 aliphatic carbocycles. The van der Waals surface area contributed by atoms with Crippen LogP contribution in [-0.2, 0) is 8.57 Å². The molecule has 0 bridgehead atoms. The van der Waals surface area contributed by atoms with Crippen molar-refractivity contribution in [2.75, 3.05) is 18.3 Å². The maximum Gasteiger partial charge on any atom is 0.218 e. The number of anilines is 1. The SMILES string of the molecule is C1=C(c2cccc(N3OSO3)n2)CCNC1. The summed E-state index contributed by atoms with van der Waals surface area (Å²) >= 11 is 0.943. The molecule has 84 valence electrons. The van der Waals surface area contributed by atoms with E-state index in [1.165, 1.54) is 10.8 Å². The number of hydrogen-bond donors (Lipinski definition) is 1. The van der Waals surface area contributed by atoms with E-state index in [9.17, 15) is 0 Å². The predicted octanol–water partition coefficient (Wildman–Crippen LogP) is 1.70. The van der Waals surface area contributed by atoms with Crippen LogP contribution in [0.5, 0.6) is 0 Å². The zero-order valence-electron chi connectivity index (χ0n) is 8.55. The van der Waals surface area contributed by atoms with E-state index >= 15 is 0 Å². The van der Waals surface area contributed by atoms with Gasteiger partial charge in [-0.05, 0) is 30.7 Å². The summed E-state index contributed by atoms with van der Waals surface area (Å²) in [6.45, 7) is 1.91. The van der Waals surface area contributed by atoms with Crippen LogP contribution in [0.15, 0.2) is 24.3 Å². The highest BCUT2D eigenvalue weighted by atomic mass is 32.2. The Morgan fingerprint density at radius 1 is 1.38 bits per heavy atom. The highest BCUT2D eigenvalue weighted by Crippen LogP contribution is 2.30. The topological polar surface area (TPSA) is 46.6 Å². The number of hydrogen-bond acceptors (Lipinski definition) is 6. The quantitative estimate of drug-likeness (QED) is 0.790. The van der Waals surface area contributed by atoms with Gasteiger partial charge < -0.3 is 5.32 Å². The van der Waals surface area contributed by atoms with Crippen molar-refractivity contribution < 1.29 is 8.57 Å². The van der Waals surface area contributed by atoms with Gasteiger partial charge in [-0.25, -0.2) is 4.98 Å². The molecule has 5 nitrogen and oxygen atoms in total. The van der Waals surface area contributed by atoms with Crippen LogP contribution in [0.4, 0.5) is 5.82 Å². The van der Waals surface area contributed by atoms with Crippen LogP contribution < -0.4 is 10.5 Å². The van der Waals surface area contributed by atoms with E-state index in [1.807, 2.05) is 18.2 Å². The summed E-state index contributed by atoms with van der Waals surface area (Å²) in [4.78, 5) is 4.48. The maximum absolute atomic E-state index is 4.99. The normalized spacial score (nSPS) is 20.2. The molecule has 1 N–H and O–H groups in total. The van der Waals surface area contributed by atoms with Gasteiger partial charge in [0.2, 0.25) is 12.3 Å². The lowest BCUT2D eigenvalue weighted by Gasteiger charge is -2.25. The standard InChI is InChI=1S/C10H11N3O2S/c1-2-9(8-4-6-11-7-5-8)12-10(3-1)13-14-16-15-13/h1-4,11H,5-7H2. The van der Waals surface area contributed by atoms with Crippen LogP contribution in [0.3, 0.4) is 0 Å². The van der Waals surface area contributed by atoms with Crippen LogP contribution in [0.25, 0.3) is 5.57 Å². The highest BCUT2D eigenvalue weighted by Gasteiger charge is 2.22. The summed E-state index contributed by atoms with van der Waals surface area (Å²) in [7, 11) is 0. The summed E-state index contributed by atoms with van der Waals surface area (Å²) in [5, 5.41) is 4.58. The van der Waals surface area contributed by atoms with E-state index in [0.717, 1.165) is 37.5 Å². The minimum absolute atomic E-state index is 0.677. The van der Waals surface area contributed by atoms with E-state index < -0.39 is 0 Å². The first-order chi connectivity index (χ1) is 7.93. The van der Waals surface area contributed by atoms with Crippen molar-refractivity contribution in [2.24, 2.45) is 0 Å². The maximum atomic E-state index is 4.99. The molecule has 3 rings (SSSR count). The molecular weight excluding hydrogens is 226 g/mol. The molecule has 6 heteroatoms. The van der Waals surface area contributed by atoms with Crippen molar-refractivity contribution >= 4 is 23.7 Å². The minimum atomic E-state index is 0.677. The molecule has 3 heterocycles. The van der Waals surface area contributed by atoms with Gasteiger partial charge >= 0.3 is 0 Å². The molecule has 1 aromatic heterocycles. The fraction of sp³-hybridized carbons (Fsp3) is 0.300. The fourth-order valence-electron chi connectivity index (χ4n) is 1.70. The summed E-state index contributed by atoms with van der Waals surface area (Å²) < 4.78 is 9.99. The third-order valence-electron chi connectivity index (χ3n) is 2.51. The third-order valence-corrected chi connectivity index (χ3v) is 2.90. The zero-order chi connectivity index (χ0) is 10.8. The summed E-state index contributed by atoms with van der Waals surface area (Å²) in [6, 6.07) is 5.81. The monoisotopic (exact) mass is 237 g/mol. The molecule has 1 saturated heterocycles. The van der Waals surface area contributed by atoms with Gasteiger partial charge in [0.25, 0.3) is 0 Å². The van der Waals surface area contributed by atoms with Gasteiger partial charge in [-0.15, -0.1) is 8.57 Å². The van der Waals surface area contributed by atoms with Crippen molar-refractivity contribution in [3.63, 3.8) is 0 Å². The summed E-state index contributed by atoms with van der Waals surface area (Å²) in [6.07, 6.45) is 3.18. The number of nitrogens with zero attached hydrogens (tertiary/aromatic N) is 2. The Morgan fingerprint density at radius 3 is 3.00 bits per heavy atom. The molecule has 0 amide bonds. The third kappa shape index (κ3) is 1.92. The van der Waals surface area contributed by atoms with Gasteiger partial charge in [0.1, 0.15) is 0 Å². The summed E-state index contributed by atoms with van der Waals surface area (Å²) in [5.74, 6) is 0.677. The van der Waals surface area contributed by atoms with Gasteiger partial charge in [0, 0.05) is 6.54 Å². The molecule has 0 saturated carbocycles. The minimum Gasteiger partial charge on any atom is -0.313 e. The zero-order valence-corrected chi connectivity index (χ0v) is 9.37. The molecule has 2 aliphatic rings. The van der Waals surface area contributed by atoms with E-state index in [0.29, 0.717) is 5.82 Å². The van der Waals surface area contributed by atoms with Crippen LogP contribution in [0, 0.1) is 0 Å². The lowest BCUT2D eigenvalue weighted by atomic mass is 10.1. The Balaban J connectivity index is 1.86. The van der Waals surface area contributed by atoms with E-state index in [-0.39, 0.29) is 0 Å². The molecule has 1 aromatic rings. The molecule has 0 spiro atoms. The second kappa shape index (κ2) is 4.42. The Kier molecular flexibility index (Phi) is 2.79. The predicted molar refractivity (Wildman–Crippen MR) is 61.9 cm³/mol. The molecule has 1 fully saturated rings. The molecule has 16 heavy (non-hydrogen) atoms.